The summed E-state index contributed by atoms with van der Waals surface area (Å²) in [5, 5.41) is 4.38. The third-order valence-corrected chi connectivity index (χ3v) is 8.95. The lowest BCUT2D eigenvalue weighted by molar-refractivity contribution is 0.620. The SMILES string of the molecule is c1ccc(-c2ccc(N(c3ccc(-c4ccccc4)cc3)c3ccc4ccc5ccc6nc(-c7ccccn7)oc6c5c4c3)cc2)cc1. The van der Waals surface area contributed by atoms with Gasteiger partial charge in [0.2, 0.25) is 5.89 Å². The highest BCUT2D eigenvalue weighted by Gasteiger charge is 2.18. The van der Waals surface area contributed by atoms with E-state index < -0.39 is 0 Å². The standard InChI is InChI=1S/C44H29N3O/c1-3-9-30(10-4-1)32-16-22-36(23-17-32)47(37-24-18-33(19-25-37)31-11-5-2-6-12-31)38-26-20-34-14-15-35-21-27-40-43(42(35)39(34)29-38)48-44(46-40)41-13-7-8-28-45-41/h1-29H. The Kier molecular flexibility index (Phi) is 6.76. The molecule has 0 radical (unpaired) electrons. The fourth-order valence-electron chi connectivity index (χ4n) is 6.56. The summed E-state index contributed by atoms with van der Waals surface area (Å²) in [6.45, 7) is 0. The summed E-state index contributed by atoms with van der Waals surface area (Å²) in [4.78, 5) is 11.6. The van der Waals surface area contributed by atoms with E-state index in [1.54, 1.807) is 6.20 Å². The highest BCUT2D eigenvalue weighted by atomic mass is 16.3. The van der Waals surface area contributed by atoms with Crippen molar-refractivity contribution in [1.82, 2.24) is 9.97 Å². The summed E-state index contributed by atoms with van der Waals surface area (Å²) in [5.41, 5.74) is 10.2. The minimum atomic E-state index is 0.518. The van der Waals surface area contributed by atoms with Crippen molar-refractivity contribution in [3.63, 3.8) is 0 Å². The maximum atomic E-state index is 6.47. The van der Waals surface area contributed by atoms with E-state index in [0.717, 1.165) is 49.7 Å². The van der Waals surface area contributed by atoms with Gasteiger partial charge >= 0.3 is 0 Å². The molecule has 0 fully saturated rings. The van der Waals surface area contributed by atoms with Crippen LogP contribution in [-0.4, -0.2) is 9.97 Å². The maximum absolute atomic E-state index is 6.47. The second-order valence-electron chi connectivity index (χ2n) is 11.9. The first-order valence-electron chi connectivity index (χ1n) is 16.1. The van der Waals surface area contributed by atoms with E-state index in [-0.39, 0.29) is 0 Å². The Labute approximate surface area is 278 Å². The molecule has 0 unspecified atom stereocenters. The zero-order valence-electron chi connectivity index (χ0n) is 26.0. The van der Waals surface area contributed by atoms with E-state index in [9.17, 15) is 0 Å². The summed E-state index contributed by atoms with van der Waals surface area (Å²) in [5.74, 6) is 0.518. The number of benzene rings is 7. The molecule has 4 nitrogen and oxygen atoms in total. The van der Waals surface area contributed by atoms with E-state index in [1.165, 1.54) is 22.3 Å². The van der Waals surface area contributed by atoms with Crippen molar-refractivity contribution in [2.45, 2.75) is 0 Å². The third-order valence-electron chi connectivity index (χ3n) is 8.95. The van der Waals surface area contributed by atoms with Gasteiger partial charge in [-0.3, -0.25) is 4.98 Å². The predicted molar refractivity (Wildman–Crippen MR) is 198 cm³/mol. The molecule has 0 saturated heterocycles. The highest BCUT2D eigenvalue weighted by Crippen LogP contribution is 2.41. The first kappa shape index (κ1) is 27.8. The Morgan fingerprint density at radius 2 is 1.00 bits per heavy atom. The number of fused-ring (bicyclic) bond motifs is 5. The smallest absolute Gasteiger partial charge is 0.246 e. The number of rotatable bonds is 6. The third kappa shape index (κ3) is 4.97. The van der Waals surface area contributed by atoms with Crippen LogP contribution in [0.25, 0.3) is 66.5 Å². The molecule has 0 spiro atoms. The number of anilines is 3. The van der Waals surface area contributed by atoms with Crippen LogP contribution in [0.4, 0.5) is 17.1 Å². The molecule has 0 N–H and O–H groups in total. The monoisotopic (exact) mass is 615 g/mol. The second kappa shape index (κ2) is 11.7. The topological polar surface area (TPSA) is 42.2 Å². The molecule has 226 valence electrons. The molecular formula is C44H29N3O. The lowest BCUT2D eigenvalue weighted by Crippen LogP contribution is -2.09. The number of hydrogen-bond donors (Lipinski definition) is 0. The lowest BCUT2D eigenvalue weighted by atomic mass is 9.99. The first-order chi connectivity index (χ1) is 23.8. The fourth-order valence-corrected chi connectivity index (χ4v) is 6.56. The van der Waals surface area contributed by atoms with Gasteiger partial charge < -0.3 is 9.32 Å². The summed E-state index contributed by atoms with van der Waals surface area (Å²) in [6.07, 6.45) is 1.76. The lowest BCUT2D eigenvalue weighted by Gasteiger charge is -2.26. The van der Waals surface area contributed by atoms with Crippen LogP contribution in [0, 0.1) is 0 Å². The number of pyridine rings is 1. The van der Waals surface area contributed by atoms with Crippen LogP contribution in [0.5, 0.6) is 0 Å². The van der Waals surface area contributed by atoms with Crippen LogP contribution >= 0.6 is 0 Å². The van der Waals surface area contributed by atoms with Crippen LogP contribution in [0.1, 0.15) is 0 Å². The van der Waals surface area contributed by atoms with Crippen molar-refractivity contribution in [2.75, 3.05) is 4.90 Å². The van der Waals surface area contributed by atoms with E-state index in [2.05, 4.69) is 143 Å². The van der Waals surface area contributed by atoms with Crippen LogP contribution in [0.2, 0.25) is 0 Å². The number of hydrogen-bond acceptors (Lipinski definition) is 4. The molecule has 0 amide bonds. The summed E-state index contributed by atoms with van der Waals surface area (Å²) in [6, 6.07) is 59.5. The molecule has 0 aliphatic heterocycles. The molecule has 0 bridgehead atoms. The maximum Gasteiger partial charge on any atom is 0.246 e. The van der Waals surface area contributed by atoms with Gasteiger partial charge in [0.05, 0.1) is 0 Å². The molecule has 0 aliphatic rings. The van der Waals surface area contributed by atoms with E-state index >= 15 is 0 Å². The quantitative estimate of drug-likeness (QED) is 0.175. The predicted octanol–water partition coefficient (Wildman–Crippen LogP) is 12.0. The average Bonchev–Trinajstić information content (AvgIpc) is 3.61. The van der Waals surface area contributed by atoms with Crippen LogP contribution < -0.4 is 4.90 Å². The molecule has 0 atom stereocenters. The summed E-state index contributed by atoms with van der Waals surface area (Å²) in [7, 11) is 0. The Bertz CT molecular complexity index is 2440. The van der Waals surface area contributed by atoms with Gasteiger partial charge in [0.25, 0.3) is 0 Å². The van der Waals surface area contributed by atoms with Crippen molar-refractivity contribution >= 4 is 49.7 Å². The zero-order chi connectivity index (χ0) is 31.9. The molecule has 2 aromatic heterocycles. The molecule has 9 rings (SSSR count). The Hall–Kier alpha value is -6.52. The van der Waals surface area contributed by atoms with Gasteiger partial charge in [-0.2, -0.15) is 0 Å². The van der Waals surface area contributed by atoms with Crippen molar-refractivity contribution in [3.05, 3.63) is 176 Å². The molecule has 48 heavy (non-hydrogen) atoms. The fraction of sp³-hybridized carbons (Fsp3) is 0. The molecule has 4 heteroatoms. The van der Waals surface area contributed by atoms with E-state index in [0.29, 0.717) is 11.6 Å². The Morgan fingerprint density at radius 1 is 0.458 bits per heavy atom. The Morgan fingerprint density at radius 3 is 1.62 bits per heavy atom. The van der Waals surface area contributed by atoms with E-state index in [1.807, 2.05) is 36.4 Å². The zero-order valence-corrected chi connectivity index (χ0v) is 26.0. The number of nitrogens with zero attached hydrogens (tertiary/aromatic N) is 3. The molecule has 0 saturated carbocycles. The number of aromatic nitrogens is 2. The van der Waals surface area contributed by atoms with Gasteiger partial charge in [-0.15, -0.1) is 0 Å². The number of oxazole rings is 1. The van der Waals surface area contributed by atoms with Crippen molar-refractivity contribution in [3.8, 4) is 33.8 Å². The van der Waals surface area contributed by atoms with Gasteiger partial charge in [0.1, 0.15) is 11.2 Å². The molecule has 9 aromatic rings. The van der Waals surface area contributed by atoms with Gasteiger partial charge in [-0.25, -0.2) is 4.98 Å². The van der Waals surface area contributed by atoms with Crippen LogP contribution in [0.3, 0.4) is 0 Å². The average molecular weight is 616 g/mol. The van der Waals surface area contributed by atoms with Crippen molar-refractivity contribution < 1.29 is 4.42 Å². The molecule has 2 heterocycles. The largest absolute Gasteiger partial charge is 0.434 e. The first-order valence-corrected chi connectivity index (χ1v) is 16.1. The molecule has 7 aromatic carbocycles. The summed E-state index contributed by atoms with van der Waals surface area (Å²) >= 11 is 0. The van der Waals surface area contributed by atoms with Crippen molar-refractivity contribution in [1.29, 1.82) is 0 Å². The highest BCUT2D eigenvalue weighted by molar-refractivity contribution is 6.18. The van der Waals surface area contributed by atoms with Gasteiger partial charge in [0, 0.05) is 28.6 Å². The normalized spacial score (nSPS) is 11.3. The van der Waals surface area contributed by atoms with Gasteiger partial charge in [-0.05, 0) is 93.0 Å². The minimum absolute atomic E-state index is 0.518. The van der Waals surface area contributed by atoms with Gasteiger partial charge in [-0.1, -0.05) is 115 Å². The van der Waals surface area contributed by atoms with Gasteiger partial charge in [0.15, 0.2) is 5.58 Å². The minimum Gasteiger partial charge on any atom is -0.434 e. The molecular weight excluding hydrogens is 587 g/mol. The van der Waals surface area contributed by atoms with Crippen LogP contribution in [0.15, 0.2) is 180 Å². The Balaban J connectivity index is 1.22. The van der Waals surface area contributed by atoms with E-state index in [4.69, 9.17) is 9.40 Å². The van der Waals surface area contributed by atoms with Crippen LogP contribution in [-0.2, 0) is 0 Å². The van der Waals surface area contributed by atoms with Crippen molar-refractivity contribution in [2.24, 2.45) is 0 Å². The second-order valence-corrected chi connectivity index (χ2v) is 11.9. The summed E-state index contributed by atoms with van der Waals surface area (Å²) < 4.78 is 6.47. The molecule has 0 aliphatic carbocycles.